The number of hydrogen-bond acceptors (Lipinski definition) is 4. The molecule has 0 radical (unpaired) electrons. The first-order valence-corrected chi connectivity index (χ1v) is 8.98. The number of carbonyl (C=O) groups is 1. The lowest BCUT2D eigenvalue weighted by Gasteiger charge is -2.17. The predicted molar refractivity (Wildman–Crippen MR) is 106 cm³/mol. The zero-order valence-corrected chi connectivity index (χ0v) is 15.8. The van der Waals surface area contributed by atoms with Crippen molar-refractivity contribution in [1.82, 2.24) is 10.6 Å². The second-order valence-electron chi connectivity index (χ2n) is 5.63. The number of benzene rings is 2. The predicted octanol–water partition coefficient (Wildman–Crippen LogP) is 3.47. The van der Waals surface area contributed by atoms with E-state index < -0.39 is 0 Å². The number of hydrogen-bond donors (Lipinski definition) is 2. The van der Waals surface area contributed by atoms with Crippen LogP contribution in [0.4, 0.5) is 0 Å². The number of amides is 1. The fraction of sp³-hybridized carbons (Fsp3) is 0.300. The van der Waals surface area contributed by atoms with E-state index in [1.807, 2.05) is 44.2 Å². The van der Waals surface area contributed by atoms with Crippen LogP contribution >= 0.6 is 12.2 Å². The Morgan fingerprint density at radius 1 is 1.12 bits per heavy atom. The summed E-state index contributed by atoms with van der Waals surface area (Å²) in [6.07, 6.45) is 0. The van der Waals surface area contributed by atoms with Crippen molar-refractivity contribution in [1.29, 1.82) is 0 Å². The topological polar surface area (TPSA) is 59.6 Å². The highest BCUT2D eigenvalue weighted by atomic mass is 32.1. The van der Waals surface area contributed by atoms with E-state index in [0.717, 1.165) is 5.56 Å². The zero-order valence-electron chi connectivity index (χ0n) is 15.0. The van der Waals surface area contributed by atoms with Crippen molar-refractivity contribution in [2.45, 2.75) is 19.9 Å². The summed E-state index contributed by atoms with van der Waals surface area (Å²) in [4.78, 5) is 12.4. The van der Waals surface area contributed by atoms with Gasteiger partial charge in [-0.1, -0.05) is 36.4 Å². The van der Waals surface area contributed by atoms with Gasteiger partial charge in [-0.05, 0) is 49.8 Å². The van der Waals surface area contributed by atoms with Gasteiger partial charge in [-0.15, -0.1) is 0 Å². The Labute approximate surface area is 159 Å². The maximum absolute atomic E-state index is 12.4. The SMILES string of the molecule is CCOCCOc1cccc(C(=O)NC(=S)NC(C)c2ccccc2)c1. The van der Waals surface area contributed by atoms with Crippen LogP contribution in [0.5, 0.6) is 5.75 Å². The van der Waals surface area contributed by atoms with Crippen molar-refractivity contribution in [3.05, 3.63) is 65.7 Å². The molecule has 2 rings (SSSR count). The minimum atomic E-state index is -0.280. The van der Waals surface area contributed by atoms with Crippen LogP contribution in [-0.4, -0.2) is 30.8 Å². The van der Waals surface area contributed by atoms with E-state index in [4.69, 9.17) is 21.7 Å². The van der Waals surface area contributed by atoms with Crippen LogP contribution in [0.3, 0.4) is 0 Å². The standard InChI is InChI=1S/C20H24N2O3S/c1-3-24-12-13-25-18-11-7-10-17(14-18)19(23)22-20(26)21-15(2)16-8-5-4-6-9-16/h4-11,14-15H,3,12-13H2,1-2H3,(H2,21,22,23,26). The molecule has 0 aliphatic heterocycles. The lowest BCUT2D eigenvalue weighted by Crippen LogP contribution is -2.40. The molecule has 2 N–H and O–H groups in total. The molecule has 0 aliphatic carbocycles. The molecular weight excluding hydrogens is 348 g/mol. The van der Waals surface area contributed by atoms with Crippen LogP contribution in [0.2, 0.25) is 0 Å². The second kappa shape index (κ2) is 10.5. The summed E-state index contributed by atoms with van der Waals surface area (Å²) in [7, 11) is 0. The third kappa shape index (κ3) is 6.46. The summed E-state index contributed by atoms with van der Waals surface area (Å²) in [6.45, 7) is 5.52. The van der Waals surface area contributed by atoms with Gasteiger partial charge in [0.05, 0.1) is 12.6 Å². The number of nitrogens with one attached hydrogen (secondary N) is 2. The summed E-state index contributed by atoms with van der Waals surface area (Å²) in [5.41, 5.74) is 1.57. The Morgan fingerprint density at radius 3 is 2.62 bits per heavy atom. The van der Waals surface area contributed by atoms with Crippen LogP contribution in [0, 0.1) is 0 Å². The van der Waals surface area contributed by atoms with E-state index in [0.29, 0.717) is 31.1 Å². The smallest absolute Gasteiger partial charge is 0.257 e. The summed E-state index contributed by atoms with van der Waals surface area (Å²) in [6, 6.07) is 16.9. The van der Waals surface area contributed by atoms with Crippen molar-refractivity contribution in [3.8, 4) is 5.75 Å². The van der Waals surface area contributed by atoms with Gasteiger partial charge in [0, 0.05) is 12.2 Å². The quantitative estimate of drug-likeness (QED) is 0.549. The van der Waals surface area contributed by atoms with Gasteiger partial charge >= 0.3 is 0 Å². The summed E-state index contributed by atoms with van der Waals surface area (Å²) in [5, 5.41) is 6.10. The fourth-order valence-electron chi connectivity index (χ4n) is 2.32. The molecule has 1 amide bonds. The Balaban J connectivity index is 1.87. The average molecular weight is 372 g/mol. The lowest BCUT2D eigenvalue weighted by molar-refractivity contribution is 0.0975. The molecule has 0 aliphatic rings. The average Bonchev–Trinajstić information content (AvgIpc) is 2.66. The molecule has 26 heavy (non-hydrogen) atoms. The van der Waals surface area contributed by atoms with Gasteiger partial charge in [-0.2, -0.15) is 0 Å². The van der Waals surface area contributed by atoms with E-state index in [2.05, 4.69) is 10.6 Å². The van der Waals surface area contributed by atoms with E-state index in [9.17, 15) is 4.79 Å². The fourth-order valence-corrected chi connectivity index (χ4v) is 2.59. The molecule has 0 fully saturated rings. The molecule has 1 atom stereocenters. The van der Waals surface area contributed by atoms with Crippen molar-refractivity contribution >= 4 is 23.2 Å². The highest BCUT2D eigenvalue weighted by Gasteiger charge is 2.11. The molecule has 5 nitrogen and oxygen atoms in total. The van der Waals surface area contributed by atoms with E-state index >= 15 is 0 Å². The Morgan fingerprint density at radius 2 is 1.88 bits per heavy atom. The minimum absolute atomic E-state index is 0.00256. The van der Waals surface area contributed by atoms with Crippen molar-refractivity contribution in [2.24, 2.45) is 0 Å². The van der Waals surface area contributed by atoms with E-state index in [-0.39, 0.29) is 17.1 Å². The number of thiocarbonyl (C=S) groups is 1. The normalized spacial score (nSPS) is 11.5. The highest BCUT2D eigenvalue weighted by Crippen LogP contribution is 2.14. The molecule has 138 valence electrons. The van der Waals surface area contributed by atoms with E-state index in [1.54, 1.807) is 24.3 Å². The molecule has 0 saturated carbocycles. The Hall–Kier alpha value is -2.44. The molecule has 2 aromatic rings. The van der Waals surface area contributed by atoms with Gasteiger partial charge in [0.15, 0.2) is 5.11 Å². The molecular formula is C20H24N2O3S. The van der Waals surface area contributed by atoms with Crippen LogP contribution in [0.15, 0.2) is 54.6 Å². The van der Waals surface area contributed by atoms with Crippen molar-refractivity contribution in [2.75, 3.05) is 19.8 Å². The summed E-state index contributed by atoms with van der Waals surface area (Å²) >= 11 is 5.25. The third-order valence-electron chi connectivity index (χ3n) is 3.67. The molecule has 0 spiro atoms. The first-order chi connectivity index (χ1) is 12.6. The molecule has 2 aromatic carbocycles. The second-order valence-corrected chi connectivity index (χ2v) is 6.04. The molecule has 1 unspecified atom stereocenters. The molecule has 0 aromatic heterocycles. The highest BCUT2D eigenvalue weighted by molar-refractivity contribution is 7.80. The van der Waals surface area contributed by atoms with Crippen LogP contribution in [0.25, 0.3) is 0 Å². The number of ether oxygens (including phenoxy) is 2. The maximum atomic E-state index is 12.4. The minimum Gasteiger partial charge on any atom is -0.491 e. The Bertz CT molecular complexity index is 722. The third-order valence-corrected chi connectivity index (χ3v) is 3.89. The largest absolute Gasteiger partial charge is 0.491 e. The van der Waals surface area contributed by atoms with Gasteiger partial charge in [-0.25, -0.2) is 0 Å². The first kappa shape index (κ1) is 19.9. The lowest BCUT2D eigenvalue weighted by atomic mass is 10.1. The Kier molecular flexibility index (Phi) is 8.05. The maximum Gasteiger partial charge on any atom is 0.257 e. The van der Waals surface area contributed by atoms with Gasteiger partial charge in [0.1, 0.15) is 12.4 Å². The molecule has 0 saturated heterocycles. The van der Waals surface area contributed by atoms with Gasteiger partial charge in [-0.3, -0.25) is 10.1 Å². The summed E-state index contributed by atoms with van der Waals surface area (Å²) in [5.74, 6) is 0.340. The molecule has 0 heterocycles. The molecule has 0 bridgehead atoms. The zero-order chi connectivity index (χ0) is 18.8. The number of rotatable bonds is 8. The monoisotopic (exact) mass is 372 g/mol. The van der Waals surface area contributed by atoms with Crippen molar-refractivity contribution < 1.29 is 14.3 Å². The van der Waals surface area contributed by atoms with Crippen LogP contribution in [-0.2, 0) is 4.74 Å². The van der Waals surface area contributed by atoms with Gasteiger partial charge in [0.25, 0.3) is 5.91 Å². The first-order valence-electron chi connectivity index (χ1n) is 8.57. The van der Waals surface area contributed by atoms with Crippen LogP contribution < -0.4 is 15.4 Å². The van der Waals surface area contributed by atoms with Gasteiger partial charge in [0.2, 0.25) is 0 Å². The van der Waals surface area contributed by atoms with Crippen LogP contribution in [0.1, 0.15) is 35.8 Å². The summed E-state index contributed by atoms with van der Waals surface area (Å²) < 4.78 is 10.8. The van der Waals surface area contributed by atoms with Gasteiger partial charge < -0.3 is 14.8 Å². The number of carbonyl (C=O) groups excluding carboxylic acids is 1. The van der Waals surface area contributed by atoms with Crippen molar-refractivity contribution in [3.63, 3.8) is 0 Å². The van der Waals surface area contributed by atoms with E-state index in [1.165, 1.54) is 0 Å². The molecule has 6 heteroatoms.